The maximum Gasteiger partial charge on any atom is 0.358 e. The van der Waals surface area contributed by atoms with Crippen molar-refractivity contribution in [3.05, 3.63) is 34.6 Å². The molecule has 2 N–H and O–H groups in total. The van der Waals surface area contributed by atoms with E-state index in [1.54, 1.807) is 12.1 Å². The fourth-order valence-electron chi connectivity index (χ4n) is 1.56. The smallest absolute Gasteiger partial charge is 0.358 e. The summed E-state index contributed by atoms with van der Waals surface area (Å²) in [4.78, 5) is 42.7. The summed E-state index contributed by atoms with van der Waals surface area (Å²) in [5.74, 6) is -1.64. The van der Waals surface area contributed by atoms with Crippen molar-refractivity contribution in [1.29, 1.82) is 0 Å². The second-order valence-corrected chi connectivity index (χ2v) is 5.81. The summed E-state index contributed by atoms with van der Waals surface area (Å²) >= 11 is 6.92. The van der Waals surface area contributed by atoms with Crippen molar-refractivity contribution in [2.75, 3.05) is 10.6 Å². The number of amides is 2. The van der Waals surface area contributed by atoms with Crippen LogP contribution in [0.25, 0.3) is 0 Å². The van der Waals surface area contributed by atoms with E-state index in [0.29, 0.717) is 5.69 Å². The van der Waals surface area contributed by atoms with Crippen molar-refractivity contribution in [2.24, 2.45) is 0 Å². The van der Waals surface area contributed by atoms with Crippen LogP contribution in [-0.4, -0.2) is 33.9 Å². The normalized spacial score (nSPS) is 11.5. The van der Waals surface area contributed by atoms with Crippen molar-refractivity contribution in [3.63, 3.8) is 0 Å². The highest BCUT2D eigenvalue weighted by Crippen LogP contribution is 2.19. The lowest BCUT2D eigenvalue weighted by atomic mass is 10.3. The largest absolute Gasteiger partial charge is 0.448 e. The molecule has 0 radical (unpaired) electrons. The lowest BCUT2D eigenvalue weighted by Crippen LogP contribution is -2.30. The van der Waals surface area contributed by atoms with E-state index < -0.39 is 18.0 Å². The summed E-state index contributed by atoms with van der Waals surface area (Å²) in [6.45, 7) is 2.74. The average molecular weight is 369 g/mol. The summed E-state index contributed by atoms with van der Waals surface area (Å²) < 4.78 is 5.05. The number of carbonyl (C=O) groups excluding carboxylic acids is 3. The fraction of sp³-hybridized carbons (Fsp3) is 0.214. The number of esters is 1. The molecule has 2 amide bonds. The minimum atomic E-state index is -1.07. The molecule has 1 unspecified atom stereocenters. The van der Waals surface area contributed by atoms with E-state index in [1.807, 2.05) is 0 Å². The molecule has 0 saturated carbocycles. The molecule has 24 heavy (non-hydrogen) atoms. The molecule has 10 heteroatoms. The summed E-state index contributed by atoms with van der Waals surface area (Å²) in [5, 5.41) is 6.79. The number of pyridine rings is 1. The number of thiazole rings is 1. The predicted octanol–water partition coefficient (Wildman–Crippen LogP) is 2.33. The monoisotopic (exact) mass is 368 g/mol. The number of halogens is 1. The van der Waals surface area contributed by atoms with Crippen molar-refractivity contribution in [2.45, 2.75) is 20.0 Å². The van der Waals surface area contributed by atoms with Crippen molar-refractivity contribution < 1.29 is 19.1 Å². The molecule has 126 valence electrons. The maximum atomic E-state index is 12.0. The molecule has 2 heterocycles. The number of hydrogen-bond acceptors (Lipinski definition) is 7. The Kier molecular flexibility index (Phi) is 5.83. The van der Waals surface area contributed by atoms with Gasteiger partial charge in [0.1, 0.15) is 0 Å². The third-order valence-electron chi connectivity index (χ3n) is 2.67. The fourth-order valence-corrected chi connectivity index (χ4v) is 2.46. The molecule has 0 aliphatic heterocycles. The quantitative estimate of drug-likeness (QED) is 0.619. The first kappa shape index (κ1) is 17.8. The molecule has 0 aromatic carbocycles. The third kappa shape index (κ3) is 4.74. The van der Waals surface area contributed by atoms with Gasteiger partial charge in [0.25, 0.3) is 5.91 Å². The SMILES string of the molecule is CC(=O)Nc1nc(C(=O)OC(C)C(=O)Nc2cccnc2Cl)cs1. The molecular weight excluding hydrogens is 356 g/mol. The van der Waals surface area contributed by atoms with E-state index in [4.69, 9.17) is 16.3 Å². The van der Waals surface area contributed by atoms with Gasteiger partial charge in [0, 0.05) is 18.5 Å². The minimum Gasteiger partial charge on any atom is -0.448 e. The van der Waals surface area contributed by atoms with Crippen LogP contribution in [0.15, 0.2) is 23.7 Å². The highest BCUT2D eigenvalue weighted by molar-refractivity contribution is 7.14. The molecule has 0 bridgehead atoms. The second-order valence-electron chi connectivity index (χ2n) is 4.60. The Labute approximate surface area is 146 Å². The van der Waals surface area contributed by atoms with Gasteiger partial charge in [-0.25, -0.2) is 14.8 Å². The van der Waals surface area contributed by atoms with Crippen LogP contribution in [0.5, 0.6) is 0 Å². The lowest BCUT2D eigenvalue weighted by molar-refractivity contribution is -0.123. The Hall–Kier alpha value is -2.52. The number of aromatic nitrogens is 2. The molecule has 2 aromatic rings. The maximum absolute atomic E-state index is 12.0. The first-order valence-electron chi connectivity index (χ1n) is 6.72. The summed E-state index contributed by atoms with van der Waals surface area (Å²) in [6, 6.07) is 3.18. The number of carbonyl (C=O) groups is 3. The topological polar surface area (TPSA) is 110 Å². The zero-order chi connectivity index (χ0) is 17.7. The first-order valence-corrected chi connectivity index (χ1v) is 7.98. The Balaban J connectivity index is 1.95. The number of anilines is 2. The van der Waals surface area contributed by atoms with Gasteiger partial charge >= 0.3 is 5.97 Å². The molecule has 2 aromatic heterocycles. The summed E-state index contributed by atoms with van der Waals surface area (Å²) in [6.07, 6.45) is 0.413. The van der Waals surface area contributed by atoms with Crippen LogP contribution in [0.4, 0.5) is 10.8 Å². The van der Waals surface area contributed by atoms with Gasteiger partial charge in [-0.05, 0) is 19.1 Å². The molecular formula is C14H13ClN4O4S. The van der Waals surface area contributed by atoms with E-state index in [-0.39, 0.29) is 21.9 Å². The molecule has 0 aliphatic rings. The zero-order valence-electron chi connectivity index (χ0n) is 12.7. The van der Waals surface area contributed by atoms with E-state index in [1.165, 1.54) is 25.4 Å². The van der Waals surface area contributed by atoms with Gasteiger partial charge < -0.3 is 15.4 Å². The van der Waals surface area contributed by atoms with Gasteiger partial charge in [-0.1, -0.05) is 11.6 Å². The standard InChI is InChI=1S/C14H13ClN4O4S/c1-7(12(21)18-9-4-3-5-16-11(9)15)23-13(22)10-6-24-14(19-10)17-8(2)20/h3-7H,1-2H3,(H,18,21)(H,17,19,20). The molecule has 0 spiro atoms. The third-order valence-corrected chi connectivity index (χ3v) is 3.73. The number of nitrogens with one attached hydrogen (secondary N) is 2. The highest BCUT2D eigenvalue weighted by atomic mass is 35.5. The van der Waals surface area contributed by atoms with Crippen LogP contribution >= 0.6 is 22.9 Å². The summed E-state index contributed by atoms with van der Waals surface area (Å²) in [5.41, 5.74) is 0.316. The van der Waals surface area contributed by atoms with Gasteiger partial charge in [-0.15, -0.1) is 11.3 Å². The molecule has 0 aliphatic carbocycles. The molecule has 8 nitrogen and oxygen atoms in total. The van der Waals surface area contributed by atoms with Crippen LogP contribution in [0.3, 0.4) is 0 Å². The van der Waals surface area contributed by atoms with Crippen LogP contribution in [-0.2, 0) is 14.3 Å². The van der Waals surface area contributed by atoms with Gasteiger partial charge in [-0.3, -0.25) is 9.59 Å². The Morgan fingerprint density at radius 3 is 2.75 bits per heavy atom. The van der Waals surface area contributed by atoms with E-state index in [9.17, 15) is 14.4 Å². The summed E-state index contributed by atoms with van der Waals surface area (Å²) in [7, 11) is 0. The Morgan fingerprint density at radius 2 is 2.08 bits per heavy atom. The van der Waals surface area contributed by atoms with Crippen LogP contribution in [0, 0.1) is 0 Å². The Morgan fingerprint density at radius 1 is 1.33 bits per heavy atom. The predicted molar refractivity (Wildman–Crippen MR) is 89.2 cm³/mol. The number of nitrogens with zero attached hydrogens (tertiary/aromatic N) is 2. The van der Waals surface area contributed by atoms with Crippen molar-refractivity contribution >= 4 is 51.5 Å². The van der Waals surface area contributed by atoms with E-state index in [0.717, 1.165) is 11.3 Å². The van der Waals surface area contributed by atoms with Gasteiger partial charge in [0.05, 0.1) is 5.69 Å². The molecule has 2 rings (SSSR count). The van der Waals surface area contributed by atoms with Gasteiger partial charge in [0.2, 0.25) is 5.91 Å². The number of hydrogen-bond donors (Lipinski definition) is 2. The van der Waals surface area contributed by atoms with Crippen molar-refractivity contribution in [1.82, 2.24) is 9.97 Å². The van der Waals surface area contributed by atoms with Crippen LogP contribution < -0.4 is 10.6 Å². The number of rotatable bonds is 5. The van der Waals surface area contributed by atoms with Crippen molar-refractivity contribution in [3.8, 4) is 0 Å². The van der Waals surface area contributed by atoms with E-state index >= 15 is 0 Å². The molecule has 0 saturated heterocycles. The number of ether oxygens (including phenoxy) is 1. The average Bonchev–Trinajstić information content (AvgIpc) is 2.97. The minimum absolute atomic E-state index is 0.00260. The zero-order valence-corrected chi connectivity index (χ0v) is 14.3. The second kappa shape index (κ2) is 7.84. The van der Waals surface area contributed by atoms with Crippen LogP contribution in [0.2, 0.25) is 5.15 Å². The lowest BCUT2D eigenvalue weighted by Gasteiger charge is -2.13. The first-order chi connectivity index (χ1) is 11.4. The highest BCUT2D eigenvalue weighted by Gasteiger charge is 2.21. The van der Waals surface area contributed by atoms with E-state index in [2.05, 4.69) is 20.6 Å². The Bertz CT molecular complexity index is 780. The van der Waals surface area contributed by atoms with Gasteiger partial charge in [0.15, 0.2) is 22.1 Å². The van der Waals surface area contributed by atoms with Crippen LogP contribution in [0.1, 0.15) is 24.3 Å². The van der Waals surface area contributed by atoms with Gasteiger partial charge in [-0.2, -0.15) is 0 Å². The molecule has 1 atom stereocenters. The molecule has 0 fully saturated rings.